The van der Waals surface area contributed by atoms with Crippen LogP contribution in [0.5, 0.6) is 0 Å². The third-order valence-corrected chi connectivity index (χ3v) is 3.88. The summed E-state index contributed by atoms with van der Waals surface area (Å²) >= 11 is 0. The van der Waals surface area contributed by atoms with Crippen molar-refractivity contribution in [3.05, 3.63) is 0 Å². The van der Waals surface area contributed by atoms with Crippen molar-refractivity contribution in [2.45, 2.75) is 70.8 Å². The summed E-state index contributed by atoms with van der Waals surface area (Å²) in [7, 11) is 0. The van der Waals surface area contributed by atoms with E-state index in [9.17, 15) is 9.90 Å². The number of nitrogens with one attached hydrogen (secondary N) is 1. The van der Waals surface area contributed by atoms with Crippen molar-refractivity contribution in [2.75, 3.05) is 6.54 Å². The number of carbonyl (C=O) groups excluding carboxylic acids is 1. The SMILES string of the molecule is CCC(C)(O)CNC(=O)CC1CCCCCC1. The van der Waals surface area contributed by atoms with Crippen molar-refractivity contribution in [2.24, 2.45) is 5.92 Å². The van der Waals surface area contributed by atoms with Crippen LogP contribution in [-0.4, -0.2) is 23.2 Å². The lowest BCUT2D eigenvalue weighted by atomic mass is 9.96. The maximum absolute atomic E-state index is 11.8. The number of aliphatic hydroxyl groups is 1. The molecule has 0 spiro atoms. The van der Waals surface area contributed by atoms with Gasteiger partial charge in [0.1, 0.15) is 0 Å². The van der Waals surface area contributed by atoms with Crippen LogP contribution >= 0.6 is 0 Å². The lowest BCUT2D eigenvalue weighted by Crippen LogP contribution is -2.40. The Balaban J connectivity index is 2.24. The van der Waals surface area contributed by atoms with Crippen molar-refractivity contribution < 1.29 is 9.90 Å². The van der Waals surface area contributed by atoms with Gasteiger partial charge in [-0.05, 0) is 32.1 Å². The van der Waals surface area contributed by atoms with Crippen LogP contribution in [-0.2, 0) is 4.79 Å². The van der Waals surface area contributed by atoms with Crippen LogP contribution < -0.4 is 5.32 Å². The Morgan fingerprint density at radius 3 is 2.41 bits per heavy atom. The molecule has 1 fully saturated rings. The first-order chi connectivity index (χ1) is 8.03. The van der Waals surface area contributed by atoms with Crippen LogP contribution in [0.3, 0.4) is 0 Å². The fourth-order valence-electron chi connectivity index (χ4n) is 2.32. The molecule has 0 aromatic rings. The zero-order chi connectivity index (χ0) is 12.7. The molecule has 0 aromatic heterocycles. The fraction of sp³-hybridized carbons (Fsp3) is 0.929. The van der Waals surface area contributed by atoms with Crippen molar-refractivity contribution >= 4 is 5.91 Å². The summed E-state index contributed by atoms with van der Waals surface area (Å²) in [6.45, 7) is 4.06. The number of hydrogen-bond acceptors (Lipinski definition) is 2. The standard InChI is InChI=1S/C14H27NO2/c1-3-14(2,17)11-15-13(16)10-12-8-6-4-5-7-9-12/h12,17H,3-11H2,1-2H3,(H,15,16). The maximum Gasteiger partial charge on any atom is 0.220 e. The van der Waals surface area contributed by atoms with E-state index in [0.717, 1.165) is 0 Å². The molecule has 0 heterocycles. The van der Waals surface area contributed by atoms with Gasteiger partial charge in [0.05, 0.1) is 5.60 Å². The van der Waals surface area contributed by atoms with Gasteiger partial charge in [0.25, 0.3) is 0 Å². The topological polar surface area (TPSA) is 49.3 Å². The normalized spacial score (nSPS) is 21.6. The lowest BCUT2D eigenvalue weighted by Gasteiger charge is -2.22. The first-order valence-corrected chi connectivity index (χ1v) is 7.02. The molecule has 1 amide bonds. The molecule has 1 aliphatic carbocycles. The summed E-state index contributed by atoms with van der Waals surface area (Å²) in [5.41, 5.74) is -0.765. The predicted octanol–water partition coefficient (Wildman–Crippen LogP) is 2.62. The third kappa shape index (κ3) is 6.06. The van der Waals surface area contributed by atoms with Gasteiger partial charge in [0, 0.05) is 13.0 Å². The molecule has 0 saturated heterocycles. The summed E-state index contributed by atoms with van der Waals surface area (Å²) in [5, 5.41) is 12.7. The zero-order valence-corrected chi connectivity index (χ0v) is 11.3. The van der Waals surface area contributed by atoms with E-state index in [1.54, 1.807) is 6.92 Å². The zero-order valence-electron chi connectivity index (χ0n) is 11.3. The largest absolute Gasteiger partial charge is 0.388 e. The Labute approximate surface area is 105 Å². The highest BCUT2D eigenvalue weighted by Gasteiger charge is 2.20. The number of carbonyl (C=O) groups is 1. The van der Waals surface area contributed by atoms with Gasteiger partial charge < -0.3 is 10.4 Å². The molecular formula is C14H27NO2. The summed E-state index contributed by atoms with van der Waals surface area (Å²) < 4.78 is 0. The van der Waals surface area contributed by atoms with Crippen LogP contribution in [0.4, 0.5) is 0 Å². The highest BCUT2D eigenvalue weighted by atomic mass is 16.3. The summed E-state index contributed by atoms with van der Waals surface area (Å²) in [6, 6.07) is 0. The van der Waals surface area contributed by atoms with Gasteiger partial charge in [0.15, 0.2) is 0 Å². The molecule has 3 nitrogen and oxygen atoms in total. The average molecular weight is 241 g/mol. The Morgan fingerprint density at radius 1 is 1.29 bits per heavy atom. The van der Waals surface area contributed by atoms with E-state index >= 15 is 0 Å². The second-order valence-corrected chi connectivity index (χ2v) is 5.69. The summed E-state index contributed by atoms with van der Waals surface area (Å²) in [6.07, 6.45) is 8.87. The van der Waals surface area contributed by atoms with E-state index in [1.807, 2.05) is 6.92 Å². The molecular weight excluding hydrogens is 214 g/mol. The molecule has 0 radical (unpaired) electrons. The van der Waals surface area contributed by atoms with Gasteiger partial charge in [-0.25, -0.2) is 0 Å². The van der Waals surface area contributed by atoms with Crippen molar-refractivity contribution in [3.63, 3.8) is 0 Å². The van der Waals surface area contributed by atoms with E-state index in [0.29, 0.717) is 25.3 Å². The minimum Gasteiger partial charge on any atom is -0.388 e. The smallest absolute Gasteiger partial charge is 0.220 e. The van der Waals surface area contributed by atoms with Gasteiger partial charge in [-0.1, -0.05) is 32.6 Å². The quantitative estimate of drug-likeness (QED) is 0.727. The molecule has 1 unspecified atom stereocenters. The first-order valence-electron chi connectivity index (χ1n) is 7.02. The Hall–Kier alpha value is -0.570. The van der Waals surface area contributed by atoms with E-state index in [4.69, 9.17) is 0 Å². The minimum atomic E-state index is -0.765. The molecule has 2 N–H and O–H groups in total. The molecule has 1 atom stereocenters. The average Bonchev–Trinajstić information content (AvgIpc) is 2.55. The Bertz CT molecular complexity index is 230. The van der Waals surface area contributed by atoms with E-state index < -0.39 is 5.60 Å². The highest BCUT2D eigenvalue weighted by Crippen LogP contribution is 2.25. The van der Waals surface area contributed by atoms with E-state index in [-0.39, 0.29) is 5.91 Å². The number of amides is 1. The van der Waals surface area contributed by atoms with Crippen LogP contribution in [0.2, 0.25) is 0 Å². The van der Waals surface area contributed by atoms with Crippen molar-refractivity contribution in [1.29, 1.82) is 0 Å². The second-order valence-electron chi connectivity index (χ2n) is 5.69. The molecule has 1 rings (SSSR count). The lowest BCUT2D eigenvalue weighted by molar-refractivity contribution is -0.123. The van der Waals surface area contributed by atoms with Gasteiger partial charge in [-0.3, -0.25) is 4.79 Å². The van der Waals surface area contributed by atoms with Gasteiger partial charge in [0.2, 0.25) is 5.91 Å². The predicted molar refractivity (Wildman–Crippen MR) is 69.7 cm³/mol. The summed E-state index contributed by atoms with van der Waals surface area (Å²) in [4.78, 5) is 11.8. The molecule has 0 aromatic carbocycles. The molecule has 17 heavy (non-hydrogen) atoms. The van der Waals surface area contributed by atoms with Crippen molar-refractivity contribution in [1.82, 2.24) is 5.32 Å². The minimum absolute atomic E-state index is 0.102. The maximum atomic E-state index is 11.8. The van der Waals surface area contributed by atoms with Crippen molar-refractivity contribution in [3.8, 4) is 0 Å². The molecule has 0 aliphatic heterocycles. The van der Waals surface area contributed by atoms with Crippen LogP contribution in [0, 0.1) is 5.92 Å². The van der Waals surface area contributed by atoms with Crippen LogP contribution in [0.25, 0.3) is 0 Å². The van der Waals surface area contributed by atoms with E-state index in [2.05, 4.69) is 5.32 Å². The Morgan fingerprint density at radius 2 is 1.88 bits per heavy atom. The second kappa shape index (κ2) is 7.00. The molecule has 1 saturated carbocycles. The van der Waals surface area contributed by atoms with Crippen LogP contribution in [0.1, 0.15) is 65.2 Å². The fourth-order valence-corrected chi connectivity index (χ4v) is 2.32. The monoisotopic (exact) mass is 241 g/mol. The van der Waals surface area contributed by atoms with E-state index in [1.165, 1.54) is 38.5 Å². The van der Waals surface area contributed by atoms with Gasteiger partial charge >= 0.3 is 0 Å². The number of hydrogen-bond donors (Lipinski definition) is 2. The summed E-state index contributed by atoms with van der Waals surface area (Å²) in [5.74, 6) is 0.662. The third-order valence-electron chi connectivity index (χ3n) is 3.88. The molecule has 100 valence electrons. The van der Waals surface area contributed by atoms with Gasteiger partial charge in [-0.15, -0.1) is 0 Å². The molecule has 3 heteroatoms. The Kier molecular flexibility index (Phi) is 5.96. The number of rotatable bonds is 5. The molecule has 0 bridgehead atoms. The van der Waals surface area contributed by atoms with Crippen LogP contribution in [0.15, 0.2) is 0 Å². The van der Waals surface area contributed by atoms with Gasteiger partial charge in [-0.2, -0.15) is 0 Å². The first kappa shape index (κ1) is 14.5. The molecule has 1 aliphatic rings. The highest BCUT2D eigenvalue weighted by molar-refractivity contribution is 5.76.